The van der Waals surface area contributed by atoms with Crippen molar-refractivity contribution < 1.29 is 13.2 Å². The number of thiol groups is 1. The first-order valence-corrected chi connectivity index (χ1v) is 8.44. The van der Waals surface area contributed by atoms with E-state index < -0.39 is 16.0 Å². The van der Waals surface area contributed by atoms with Crippen molar-refractivity contribution in [2.45, 2.75) is 32.4 Å². The van der Waals surface area contributed by atoms with Gasteiger partial charge in [0.05, 0.1) is 5.25 Å². The molecule has 0 amide bonds. The maximum atomic E-state index is 12.4. The molecule has 0 aromatic heterocycles. The van der Waals surface area contributed by atoms with Crippen molar-refractivity contribution in [1.29, 1.82) is 0 Å². The highest BCUT2D eigenvalue weighted by Crippen LogP contribution is 2.29. The lowest BCUT2D eigenvalue weighted by molar-refractivity contribution is 0.0981. The lowest BCUT2D eigenvalue weighted by Gasteiger charge is -2.17. The topological polar surface area (TPSA) is 51.2 Å². The minimum Gasteiger partial charge on any atom is -0.294 e. The summed E-state index contributed by atoms with van der Waals surface area (Å²) in [4.78, 5) is 12.4. The van der Waals surface area contributed by atoms with E-state index >= 15 is 0 Å². The van der Waals surface area contributed by atoms with E-state index in [2.05, 4.69) is 0 Å². The van der Waals surface area contributed by atoms with Gasteiger partial charge >= 0.3 is 0 Å². The van der Waals surface area contributed by atoms with Crippen molar-refractivity contribution in [3.8, 4) is 0 Å². The number of hydrogen-bond acceptors (Lipinski definition) is 3. The molecule has 0 heterocycles. The molecule has 2 rings (SSSR count). The standard InChI is InChI=1S/C18H20O3S/c1-12-9-13(2)18(14(3)10-12)17(22(20)21)11-16(19)15-7-5-4-6-8-15/h4-10,17,22H,11H2,1-3H3. The molecule has 1 atom stereocenters. The summed E-state index contributed by atoms with van der Waals surface area (Å²) in [5, 5.41) is -0.775. The van der Waals surface area contributed by atoms with Crippen molar-refractivity contribution in [3.05, 3.63) is 70.3 Å². The lowest BCUT2D eigenvalue weighted by Crippen LogP contribution is -2.12. The zero-order valence-corrected chi connectivity index (χ0v) is 13.9. The van der Waals surface area contributed by atoms with Gasteiger partial charge in [0.1, 0.15) is 10.7 Å². The molecule has 22 heavy (non-hydrogen) atoms. The third kappa shape index (κ3) is 3.63. The van der Waals surface area contributed by atoms with Gasteiger partial charge in [0, 0.05) is 12.0 Å². The van der Waals surface area contributed by atoms with Crippen LogP contribution in [0.5, 0.6) is 0 Å². The van der Waals surface area contributed by atoms with Gasteiger partial charge in [0.2, 0.25) is 0 Å². The molecule has 0 radical (unpaired) electrons. The van der Waals surface area contributed by atoms with Crippen LogP contribution in [0.25, 0.3) is 0 Å². The van der Waals surface area contributed by atoms with Gasteiger partial charge in [-0.15, -0.1) is 0 Å². The van der Waals surface area contributed by atoms with Gasteiger partial charge in [-0.3, -0.25) is 4.79 Å². The van der Waals surface area contributed by atoms with E-state index in [1.165, 1.54) is 0 Å². The fourth-order valence-corrected chi connectivity index (χ4v) is 3.85. The number of aryl methyl sites for hydroxylation is 3. The Morgan fingerprint density at radius 3 is 2.05 bits per heavy atom. The van der Waals surface area contributed by atoms with Crippen LogP contribution in [-0.4, -0.2) is 14.2 Å². The van der Waals surface area contributed by atoms with Gasteiger partial charge in [-0.1, -0.05) is 48.0 Å². The van der Waals surface area contributed by atoms with Gasteiger partial charge in [-0.25, -0.2) is 8.42 Å². The molecule has 0 spiro atoms. The van der Waals surface area contributed by atoms with Crippen LogP contribution >= 0.6 is 0 Å². The summed E-state index contributed by atoms with van der Waals surface area (Å²) in [5.74, 6) is -0.149. The number of benzene rings is 2. The highest BCUT2D eigenvalue weighted by Gasteiger charge is 2.23. The normalized spacial score (nSPS) is 12.4. The Morgan fingerprint density at radius 2 is 1.55 bits per heavy atom. The molecular weight excluding hydrogens is 296 g/mol. The predicted molar refractivity (Wildman–Crippen MR) is 89.1 cm³/mol. The zero-order chi connectivity index (χ0) is 16.3. The number of carbonyl (C=O) groups is 1. The molecule has 0 N–H and O–H groups in total. The molecule has 0 aliphatic heterocycles. The van der Waals surface area contributed by atoms with Crippen molar-refractivity contribution >= 4 is 16.5 Å². The van der Waals surface area contributed by atoms with E-state index in [9.17, 15) is 13.2 Å². The molecule has 0 saturated carbocycles. The highest BCUT2D eigenvalue weighted by atomic mass is 32.2. The molecule has 0 bridgehead atoms. The van der Waals surface area contributed by atoms with Gasteiger partial charge in [-0.2, -0.15) is 0 Å². The number of Topliss-reactive ketones (excluding diaryl/α,β-unsaturated/α-hetero) is 1. The summed E-state index contributed by atoms with van der Waals surface area (Å²) in [6, 6.07) is 12.7. The Bertz CT molecular complexity index is 730. The number of carbonyl (C=O) groups excluding carboxylic acids is 1. The summed E-state index contributed by atoms with van der Waals surface area (Å²) >= 11 is 0. The zero-order valence-electron chi connectivity index (χ0n) is 13.0. The molecule has 116 valence electrons. The van der Waals surface area contributed by atoms with E-state index in [0.717, 1.165) is 22.3 Å². The van der Waals surface area contributed by atoms with Gasteiger partial charge < -0.3 is 0 Å². The summed E-state index contributed by atoms with van der Waals surface area (Å²) < 4.78 is 23.5. The summed E-state index contributed by atoms with van der Waals surface area (Å²) in [5.41, 5.74) is 4.23. The minimum atomic E-state index is -2.73. The van der Waals surface area contributed by atoms with Gasteiger partial charge in [0.25, 0.3) is 0 Å². The fourth-order valence-electron chi connectivity index (χ4n) is 2.92. The predicted octanol–water partition coefficient (Wildman–Crippen LogP) is 3.54. The monoisotopic (exact) mass is 316 g/mol. The second kappa shape index (κ2) is 6.88. The van der Waals surface area contributed by atoms with Crippen molar-refractivity contribution in [1.82, 2.24) is 0 Å². The van der Waals surface area contributed by atoms with E-state index in [-0.39, 0.29) is 12.2 Å². The smallest absolute Gasteiger partial charge is 0.164 e. The Balaban J connectivity index is 2.39. The molecule has 3 nitrogen and oxygen atoms in total. The first kappa shape index (κ1) is 16.4. The molecule has 0 aliphatic rings. The number of rotatable bonds is 5. The molecule has 2 aromatic carbocycles. The number of hydrogen-bond donors (Lipinski definition) is 1. The van der Waals surface area contributed by atoms with E-state index in [0.29, 0.717) is 5.56 Å². The maximum Gasteiger partial charge on any atom is 0.164 e. The van der Waals surface area contributed by atoms with Crippen LogP contribution in [0.1, 0.15) is 44.3 Å². The largest absolute Gasteiger partial charge is 0.294 e. The molecule has 0 fully saturated rings. The molecule has 0 aliphatic carbocycles. The number of ketones is 1. The minimum absolute atomic E-state index is 0.0204. The summed E-state index contributed by atoms with van der Waals surface area (Å²) in [6.45, 7) is 5.77. The molecule has 0 saturated heterocycles. The third-order valence-corrected chi connectivity index (χ3v) is 4.75. The van der Waals surface area contributed by atoms with Crippen molar-refractivity contribution in [2.75, 3.05) is 0 Å². The van der Waals surface area contributed by atoms with Crippen LogP contribution in [0.15, 0.2) is 42.5 Å². The Labute approximate surface area is 132 Å². The van der Waals surface area contributed by atoms with E-state index in [4.69, 9.17) is 0 Å². The molecule has 2 aromatic rings. The molecular formula is C18H20O3S. The van der Waals surface area contributed by atoms with Crippen molar-refractivity contribution in [3.63, 3.8) is 0 Å². The van der Waals surface area contributed by atoms with Crippen LogP contribution in [-0.2, 0) is 10.7 Å². The maximum absolute atomic E-state index is 12.4. The molecule has 1 unspecified atom stereocenters. The van der Waals surface area contributed by atoms with Crippen LogP contribution in [0.3, 0.4) is 0 Å². The first-order chi connectivity index (χ1) is 10.4. The Morgan fingerprint density at radius 1 is 1.00 bits per heavy atom. The van der Waals surface area contributed by atoms with Crippen LogP contribution in [0.2, 0.25) is 0 Å². The summed E-state index contributed by atoms with van der Waals surface area (Å²) in [7, 11) is -2.73. The average molecular weight is 316 g/mol. The lowest BCUT2D eigenvalue weighted by atomic mass is 9.94. The van der Waals surface area contributed by atoms with E-state index in [1.807, 2.05) is 39.0 Å². The second-order valence-corrected chi connectivity index (χ2v) is 6.80. The van der Waals surface area contributed by atoms with Gasteiger partial charge in [-0.05, 0) is 37.5 Å². The third-order valence-electron chi connectivity index (χ3n) is 3.80. The highest BCUT2D eigenvalue weighted by molar-refractivity contribution is 7.72. The SMILES string of the molecule is Cc1cc(C)c(C(CC(=O)c2ccccc2)[SH](=O)=O)c(C)c1. The Kier molecular flexibility index (Phi) is 5.14. The first-order valence-electron chi connectivity index (χ1n) is 7.19. The average Bonchev–Trinajstić information content (AvgIpc) is 2.45. The molecule has 4 heteroatoms. The van der Waals surface area contributed by atoms with Crippen LogP contribution in [0.4, 0.5) is 0 Å². The second-order valence-electron chi connectivity index (χ2n) is 5.61. The Hall–Kier alpha value is -1.94. The van der Waals surface area contributed by atoms with Gasteiger partial charge in [0.15, 0.2) is 5.78 Å². The van der Waals surface area contributed by atoms with Crippen LogP contribution < -0.4 is 0 Å². The summed E-state index contributed by atoms with van der Waals surface area (Å²) in [6.07, 6.45) is -0.0204. The quantitative estimate of drug-likeness (QED) is 0.678. The van der Waals surface area contributed by atoms with Crippen LogP contribution in [0, 0.1) is 20.8 Å². The van der Waals surface area contributed by atoms with Crippen molar-refractivity contribution in [2.24, 2.45) is 0 Å². The van der Waals surface area contributed by atoms with E-state index in [1.54, 1.807) is 24.3 Å². The fraction of sp³-hybridized carbons (Fsp3) is 0.278.